The molecule has 30 heavy (non-hydrogen) atoms. The molecule has 1 heterocycles. The summed E-state index contributed by atoms with van der Waals surface area (Å²) in [5.41, 5.74) is 0.336. The monoisotopic (exact) mass is 429 g/mol. The number of rotatable bonds is 6. The van der Waals surface area contributed by atoms with Crippen molar-refractivity contribution in [1.82, 2.24) is 5.32 Å². The van der Waals surface area contributed by atoms with Gasteiger partial charge in [-0.25, -0.2) is 0 Å². The van der Waals surface area contributed by atoms with Gasteiger partial charge in [0.1, 0.15) is 5.60 Å². The number of nitrogens with one attached hydrogen (secondary N) is 1. The van der Waals surface area contributed by atoms with Gasteiger partial charge in [-0.05, 0) is 34.6 Å². The van der Waals surface area contributed by atoms with Crippen molar-refractivity contribution in [2.75, 3.05) is 5.75 Å². The first kappa shape index (κ1) is 23.2. The Bertz CT molecular complexity index is 999. The highest BCUT2D eigenvalue weighted by molar-refractivity contribution is 8.03. The average molecular weight is 429 g/mol. The second-order valence-electron chi connectivity index (χ2n) is 7.70. The molecule has 1 aliphatic rings. The van der Waals surface area contributed by atoms with E-state index in [1.165, 1.54) is 25.1 Å². The van der Waals surface area contributed by atoms with Crippen LogP contribution < -0.4 is 5.32 Å². The smallest absolute Gasteiger partial charge is 0.316 e. The standard InChI is InChI=1S/C21H23N3O5S/c1-12-18(13(2)25)19(14-8-6-7-9-16(14)24(27)28)15(10-22)20(23-12)30-11-17(26)29-21(3,4)5/h6-9,19,23H,11H2,1-5H3/t19-/m1/s1. The maximum Gasteiger partial charge on any atom is 0.316 e. The number of hydrogen-bond donors (Lipinski definition) is 1. The first-order chi connectivity index (χ1) is 14.0. The number of dihydropyridines is 1. The molecule has 9 heteroatoms. The Balaban J connectivity index is 2.54. The van der Waals surface area contributed by atoms with Crippen LogP contribution in [0, 0.1) is 21.4 Å². The maximum absolute atomic E-state index is 12.4. The Morgan fingerprint density at radius 1 is 1.33 bits per heavy atom. The van der Waals surface area contributed by atoms with Gasteiger partial charge in [-0.3, -0.25) is 19.7 Å². The summed E-state index contributed by atoms with van der Waals surface area (Å²) in [5.74, 6) is -1.72. The SMILES string of the molecule is CC(=O)C1=C(C)NC(SCC(=O)OC(C)(C)C)=C(C#N)[C@H]1c1ccccc1[N+](=O)[O-]. The molecule has 0 fully saturated rings. The van der Waals surface area contributed by atoms with Crippen LogP contribution in [0.25, 0.3) is 0 Å². The van der Waals surface area contributed by atoms with Crippen LogP contribution >= 0.6 is 11.8 Å². The molecule has 2 rings (SSSR count). The van der Waals surface area contributed by atoms with Crippen molar-refractivity contribution in [3.05, 3.63) is 61.8 Å². The molecule has 1 aliphatic heterocycles. The number of carbonyl (C=O) groups is 2. The lowest BCUT2D eigenvalue weighted by atomic mass is 9.80. The second-order valence-corrected chi connectivity index (χ2v) is 8.68. The van der Waals surface area contributed by atoms with Crippen molar-refractivity contribution >= 4 is 29.2 Å². The predicted octanol–water partition coefficient (Wildman–Crippen LogP) is 3.95. The molecule has 158 valence electrons. The second kappa shape index (κ2) is 9.13. The number of ketones is 1. The van der Waals surface area contributed by atoms with Crippen molar-refractivity contribution in [2.24, 2.45) is 0 Å². The number of nitrogens with zero attached hydrogens (tertiary/aromatic N) is 2. The number of thioether (sulfide) groups is 1. The molecule has 1 atom stereocenters. The fourth-order valence-electron chi connectivity index (χ4n) is 3.20. The van der Waals surface area contributed by atoms with Crippen molar-refractivity contribution in [2.45, 2.75) is 46.1 Å². The van der Waals surface area contributed by atoms with Crippen molar-refractivity contribution in [1.29, 1.82) is 5.26 Å². The zero-order valence-corrected chi connectivity index (χ0v) is 18.3. The van der Waals surface area contributed by atoms with E-state index >= 15 is 0 Å². The topological polar surface area (TPSA) is 122 Å². The molecule has 0 radical (unpaired) electrons. The number of allylic oxidation sites excluding steroid dienone is 3. The Labute approximate surface area is 179 Å². The van der Waals surface area contributed by atoms with Crippen LogP contribution in [-0.2, 0) is 14.3 Å². The lowest BCUT2D eigenvalue weighted by molar-refractivity contribution is -0.385. The number of nitro groups is 1. The Kier molecular flexibility index (Phi) is 7.05. The maximum atomic E-state index is 12.4. The highest BCUT2D eigenvalue weighted by Crippen LogP contribution is 2.43. The van der Waals surface area contributed by atoms with Gasteiger partial charge in [-0.1, -0.05) is 30.0 Å². The highest BCUT2D eigenvalue weighted by atomic mass is 32.2. The number of carbonyl (C=O) groups excluding carboxylic acids is 2. The minimum absolute atomic E-state index is 0.0585. The fraction of sp³-hybridized carbons (Fsp3) is 0.381. The van der Waals surface area contributed by atoms with Crippen molar-refractivity contribution < 1.29 is 19.2 Å². The van der Waals surface area contributed by atoms with Gasteiger partial charge in [0.15, 0.2) is 5.78 Å². The summed E-state index contributed by atoms with van der Waals surface area (Å²) >= 11 is 1.07. The zero-order chi connectivity index (χ0) is 22.6. The molecule has 0 aliphatic carbocycles. The van der Waals surface area contributed by atoms with Crippen LogP contribution in [0.4, 0.5) is 5.69 Å². The molecule has 0 bridgehead atoms. The van der Waals surface area contributed by atoms with Gasteiger partial charge < -0.3 is 10.1 Å². The van der Waals surface area contributed by atoms with Crippen LogP contribution in [0.2, 0.25) is 0 Å². The molecule has 8 nitrogen and oxygen atoms in total. The summed E-state index contributed by atoms with van der Waals surface area (Å²) in [7, 11) is 0. The summed E-state index contributed by atoms with van der Waals surface area (Å²) < 4.78 is 5.30. The molecular weight excluding hydrogens is 406 g/mol. The zero-order valence-electron chi connectivity index (χ0n) is 17.4. The number of para-hydroxylation sites is 1. The summed E-state index contributed by atoms with van der Waals surface area (Å²) in [5, 5.41) is 24.8. The van der Waals surface area contributed by atoms with Crippen molar-refractivity contribution in [3.63, 3.8) is 0 Å². The molecule has 0 saturated heterocycles. The highest BCUT2D eigenvalue weighted by Gasteiger charge is 2.36. The number of nitro benzene ring substituents is 1. The number of ether oxygens (including phenoxy) is 1. The lowest BCUT2D eigenvalue weighted by Gasteiger charge is -2.29. The van der Waals surface area contributed by atoms with E-state index in [1.54, 1.807) is 33.8 Å². The Morgan fingerprint density at radius 2 is 1.97 bits per heavy atom. The van der Waals surface area contributed by atoms with Crippen LogP contribution in [0.1, 0.15) is 46.1 Å². The third-order valence-electron chi connectivity index (χ3n) is 4.23. The first-order valence-electron chi connectivity index (χ1n) is 9.17. The van der Waals surface area contributed by atoms with E-state index in [0.29, 0.717) is 10.7 Å². The summed E-state index contributed by atoms with van der Waals surface area (Å²) in [6.45, 7) is 8.29. The summed E-state index contributed by atoms with van der Waals surface area (Å²) in [6.07, 6.45) is 0. The third-order valence-corrected chi connectivity index (χ3v) is 5.22. The van der Waals surface area contributed by atoms with E-state index in [9.17, 15) is 25.0 Å². The third kappa shape index (κ3) is 5.27. The number of hydrogen-bond acceptors (Lipinski definition) is 8. The van der Waals surface area contributed by atoms with E-state index < -0.39 is 22.4 Å². The number of nitriles is 1. The van der Waals surface area contributed by atoms with E-state index in [2.05, 4.69) is 11.4 Å². The summed E-state index contributed by atoms with van der Waals surface area (Å²) in [4.78, 5) is 35.5. The van der Waals surface area contributed by atoms with Crippen LogP contribution in [-0.4, -0.2) is 28.0 Å². The molecule has 1 aromatic carbocycles. The largest absolute Gasteiger partial charge is 0.459 e. The molecule has 1 aromatic rings. The van der Waals surface area contributed by atoms with E-state index in [0.717, 1.165) is 11.8 Å². The molecule has 1 N–H and O–H groups in total. The van der Waals surface area contributed by atoms with Crippen LogP contribution in [0.3, 0.4) is 0 Å². The Morgan fingerprint density at radius 3 is 2.50 bits per heavy atom. The van der Waals surface area contributed by atoms with Gasteiger partial charge in [-0.2, -0.15) is 5.26 Å². The quantitative estimate of drug-likeness (QED) is 0.410. The van der Waals surface area contributed by atoms with Gasteiger partial charge >= 0.3 is 5.97 Å². The Hall–Kier alpha value is -3.12. The van der Waals surface area contributed by atoms with Gasteiger partial charge in [0.05, 0.1) is 33.3 Å². The van der Waals surface area contributed by atoms with E-state index in [-0.39, 0.29) is 33.9 Å². The molecule has 0 amide bonds. The first-order valence-corrected chi connectivity index (χ1v) is 10.2. The molecule has 0 spiro atoms. The number of benzene rings is 1. The van der Waals surface area contributed by atoms with E-state index in [1.807, 2.05) is 0 Å². The minimum atomic E-state index is -0.906. The average Bonchev–Trinajstić information content (AvgIpc) is 2.63. The van der Waals surface area contributed by atoms with E-state index in [4.69, 9.17) is 4.74 Å². The van der Waals surface area contributed by atoms with Gasteiger partial charge in [-0.15, -0.1) is 0 Å². The fourth-order valence-corrected chi connectivity index (χ4v) is 4.07. The molecular formula is C21H23N3O5S. The number of Topliss-reactive ketones (excluding diaryl/α,β-unsaturated/α-hetero) is 1. The van der Waals surface area contributed by atoms with Gasteiger partial charge in [0.25, 0.3) is 5.69 Å². The predicted molar refractivity (Wildman–Crippen MR) is 113 cm³/mol. The lowest BCUT2D eigenvalue weighted by Crippen LogP contribution is -2.29. The molecule has 0 aromatic heterocycles. The van der Waals surface area contributed by atoms with Crippen molar-refractivity contribution in [3.8, 4) is 6.07 Å². The van der Waals surface area contributed by atoms with Crippen LogP contribution in [0.5, 0.6) is 0 Å². The normalized spacial score (nSPS) is 16.6. The summed E-state index contributed by atoms with van der Waals surface area (Å²) in [6, 6.07) is 8.11. The minimum Gasteiger partial charge on any atom is -0.459 e. The molecule has 0 unspecified atom stereocenters. The molecule has 0 saturated carbocycles. The van der Waals surface area contributed by atoms with Gasteiger partial charge in [0.2, 0.25) is 0 Å². The van der Waals surface area contributed by atoms with Crippen LogP contribution in [0.15, 0.2) is 46.1 Å². The van der Waals surface area contributed by atoms with Gasteiger partial charge in [0, 0.05) is 22.9 Å². The number of esters is 1.